The molecule has 0 aliphatic heterocycles. The molecule has 0 aromatic heterocycles. The second-order valence-electron chi connectivity index (χ2n) is 0. The van der Waals surface area contributed by atoms with E-state index >= 15 is 0 Å². The Morgan fingerprint density at radius 3 is 0.500 bits per heavy atom. The van der Waals surface area contributed by atoms with Crippen LogP contribution in [-0.2, 0) is 72.7 Å². The molecule has 0 bridgehead atoms. The van der Waals surface area contributed by atoms with E-state index in [4.69, 9.17) is 0 Å². The van der Waals surface area contributed by atoms with E-state index in [1.54, 1.807) is 0 Å². The average Bonchev–Trinajstić information content (AvgIpc) is 0. The Balaban J connectivity index is 0. The number of hydrogen-bond acceptors (Lipinski definition) is 0. The normalized spacial score (nSPS) is 0. The molecule has 0 amide bonds. The summed E-state index contributed by atoms with van der Waals surface area (Å²) < 4.78 is 0. The first-order chi connectivity index (χ1) is 0. The first-order valence-electron chi connectivity index (χ1n) is 0. The predicted octanol–water partition coefficient (Wildman–Crippen LogP) is -0.980. The zero-order valence-electron chi connectivity index (χ0n) is 3.75. The summed E-state index contributed by atoms with van der Waals surface area (Å²) in [6, 6.07) is 0. The van der Waals surface area contributed by atoms with Crippen LogP contribution in [0.5, 0.6) is 0 Å². The van der Waals surface area contributed by atoms with Crippen LogP contribution in [0.2, 0.25) is 0 Å². The van der Waals surface area contributed by atoms with E-state index < -0.39 is 0 Å². The fourth-order valence-corrected chi connectivity index (χ4v) is 0. The molecule has 0 aromatic rings. The second kappa shape index (κ2) is 136. The molecule has 8 heteroatoms. The minimum absolute atomic E-state index is 0. The molecule has 0 N–H and O–H groups in total. The first kappa shape index (κ1) is 191. The van der Waals surface area contributed by atoms with Crippen molar-refractivity contribution in [1.29, 1.82) is 0 Å². The zero-order valence-corrected chi connectivity index (χ0v) is 13.2. The Morgan fingerprint density at radius 1 is 0.500 bits per heavy atom. The van der Waals surface area contributed by atoms with E-state index in [-0.39, 0.29) is 96.6 Å². The molecule has 0 aliphatic rings. The van der Waals surface area contributed by atoms with Crippen molar-refractivity contribution in [2.45, 2.75) is 0 Å². The van der Waals surface area contributed by atoms with Crippen LogP contribution in [-0.4, -0.2) is 23.9 Å². The van der Waals surface area contributed by atoms with E-state index in [9.17, 15) is 0 Å². The van der Waals surface area contributed by atoms with Crippen molar-refractivity contribution in [1.82, 2.24) is 0 Å². The summed E-state index contributed by atoms with van der Waals surface area (Å²) in [4.78, 5) is 0. The van der Waals surface area contributed by atoms with Gasteiger partial charge in [-0.1, -0.05) is 0 Å². The van der Waals surface area contributed by atoms with E-state index in [0.717, 1.165) is 0 Å². The monoisotopic (exact) mass is 444 g/mol. The Labute approximate surface area is 95.6 Å². The maximum atomic E-state index is 0. The predicted molar refractivity (Wildman–Crippen MR) is 9.19 cm³/mol. The SMILES string of the molecule is [Hf+4].[O-2].[O-2].[O-2].[O-2].[O-2].[Sn+4].[Zn+2]. The number of hydrogen-bond donors (Lipinski definition) is 0. The zero-order chi connectivity index (χ0) is 0. The Morgan fingerprint density at radius 2 is 0.500 bits per heavy atom. The van der Waals surface area contributed by atoms with Crippen LogP contribution in [0.25, 0.3) is 0 Å². The van der Waals surface area contributed by atoms with Crippen LogP contribution in [0.3, 0.4) is 0 Å². The third-order valence-corrected chi connectivity index (χ3v) is 0. The van der Waals surface area contributed by atoms with Crippen molar-refractivity contribution < 1.29 is 72.7 Å². The van der Waals surface area contributed by atoms with Gasteiger partial charge in [0.25, 0.3) is 0 Å². The fourth-order valence-electron chi connectivity index (χ4n) is 0. The molecule has 0 spiro atoms. The topological polar surface area (TPSA) is 142 Å². The van der Waals surface area contributed by atoms with E-state index in [1.807, 2.05) is 0 Å². The average molecular weight is 443 g/mol. The van der Waals surface area contributed by atoms with Gasteiger partial charge in [-0.3, -0.25) is 0 Å². The van der Waals surface area contributed by atoms with Crippen molar-refractivity contribution in [3.05, 3.63) is 0 Å². The molecular formula is HfO5SnZn. The molecule has 0 unspecified atom stereocenters. The summed E-state index contributed by atoms with van der Waals surface area (Å²) >= 11 is 0. The quantitative estimate of drug-likeness (QED) is 0.425. The molecule has 0 saturated carbocycles. The van der Waals surface area contributed by atoms with Gasteiger partial charge in [-0.2, -0.15) is 0 Å². The second-order valence-corrected chi connectivity index (χ2v) is 0. The van der Waals surface area contributed by atoms with Crippen LogP contribution in [0, 0.1) is 0 Å². The molecule has 0 radical (unpaired) electrons. The van der Waals surface area contributed by atoms with Gasteiger partial charge in [0.05, 0.1) is 0 Å². The van der Waals surface area contributed by atoms with Crippen molar-refractivity contribution in [2.24, 2.45) is 0 Å². The molecule has 0 aromatic carbocycles. The van der Waals surface area contributed by atoms with Crippen LogP contribution in [0.1, 0.15) is 0 Å². The van der Waals surface area contributed by atoms with Crippen LogP contribution >= 0.6 is 0 Å². The maximum Gasteiger partial charge on any atom is 4.00 e. The molecule has 8 heavy (non-hydrogen) atoms. The van der Waals surface area contributed by atoms with Gasteiger partial charge < -0.3 is 27.4 Å². The van der Waals surface area contributed by atoms with Crippen molar-refractivity contribution >= 4 is 23.9 Å². The number of rotatable bonds is 0. The Hall–Kier alpha value is 2.09. The molecular weight excluding hydrogens is 443 g/mol. The summed E-state index contributed by atoms with van der Waals surface area (Å²) in [5, 5.41) is 0. The minimum Gasteiger partial charge on any atom is -2.00 e. The van der Waals surface area contributed by atoms with Crippen molar-refractivity contribution in [2.75, 3.05) is 0 Å². The molecule has 0 heterocycles. The molecule has 0 aliphatic carbocycles. The first-order valence-corrected chi connectivity index (χ1v) is 0. The van der Waals surface area contributed by atoms with Gasteiger partial charge in [0.2, 0.25) is 0 Å². The molecule has 5 nitrogen and oxygen atoms in total. The van der Waals surface area contributed by atoms with Gasteiger partial charge in [0, 0.05) is 0 Å². The fraction of sp³-hybridized carbons (Fsp3) is 0. The summed E-state index contributed by atoms with van der Waals surface area (Å²) in [5.41, 5.74) is 0. The molecule has 40 valence electrons. The molecule has 0 rings (SSSR count). The molecule has 0 atom stereocenters. The summed E-state index contributed by atoms with van der Waals surface area (Å²) in [7, 11) is 0. The van der Waals surface area contributed by atoms with Crippen LogP contribution < -0.4 is 0 Å². The van der Waals surface area contributed by atoms with E-state index in [2.05, 4.69) is 0 Å². The minimum atomic E-state index is 0. The molecule has 0 fully saturated rings. The van der Waals surface area contributed by atoms with Gasteiger partial charge in [-0.15, -0.1) is 0 Å². The van der Waals surface area contributed by atoms with E-state index in [0.29, 0.717) is 0 Å². The van der Waals surface area contributed by atoms with Gasteiger partial charge in [-0.25, -0.2) is 0 Å². The Kier molecular flexibility index (Phi) is 3240. The maximum absolute atomic E-state index is 0. The van der Waals surface area contributed by atoms with E-state index in [1.165, 1.54) is 0 Å². The van der Waals surface area contributed by atoms with Gasteiger partial charge >= 0.3 is 69.2 Å². The van der Waals surface area contributed by atoms with Crippen molar-refractivity contribution in [3.8, 4) is 0 Å². The van der Waals surface area contributed by atoms with Crippen molar-refractivity contribution in [3.63, 3.8) is 0 Å². The third-order valence-electron chi connectivity index (χ3n) is 0. The summed E-state index contributed by atoms with van der Waals surface area (Å²) in [5.74, 6) is 0. The van der Waals surface area contributed by atoms with Gasteiger partial charge in [-0.05, 0) is 0 Å². The third kappa shape index (κ3) is 93.0. The Bertz CT molecular complexity index is 12.4. The summed E-state index contributed by atoms with van der Waals surface area (Å²) in [6.45, 7) is 0. The van der Waals surface area contributed by atoms with Crippen LogP contribution in [0.4, 0.5) is 0 Å². The van der Waals surface area contributed by atoms with Gasteiger partial charge in [0.15, 0.2) is 0 Å². The van der Waals surface area contributed by atoms with Crippen LogP contribution in [0.15, 0.2) is 0 Å². The smallest absolute Gasteiger partial charge is 2.00 e. The summed E-state index contributed by atoms with van der Waals surface area (Å²) in [6.07, 6.45) is 0. The standard InChI is InChI=1S/Hf.5O.Sn.Zn/q+4;5*-2;+4;+2. The largest absolute Gasteiger partial charge is 4.00 e. The molecule has 0 saturated heterocycles. The van der Waals surface area contributed by atoms with Gasteiger partial charge in [0.1, 0.15) is 0 Å².